The second kappa shape index (κ2) is 7.00. The molecule has 8 heteroatoms. The predicted octanol–water partition coefficient (Wildman–Crippen LogP) is 1.66. The Bertz CT molecular complexity index is 702. The summed E-state index contributed by atoms with van der Waals surface area (Å²) in [7, 11) is 0. The van der Waals surface area contributed by atoms with Crippen LogP contribution in [0.1, 0.15) is 25.7 Å². The molecular formula is C16H16ClN3O4. The normalized spacial score (nSPS) is 22.7. The average molecular weight is 350 g/mol. The lowest BCUT2D eigenvalue weighted by Crippen LogP contribution is -2.35. The van der Waals surface area contributed by atoms with E-state index in [2.05, 4.69) is 15.6 Å². The van der Waals surface area contributed by atoms with Gasteiger partial charge in [-0.25, -0.2) is 9.79 Å². The molecule has 2 heterocycles. The third-order valence-electron chi connectivity index (χ3n) is 3.84. The van der Waals surface area contributed by atoms with Gasteiger partial charge in [0, 0.05) is 23.6 Å². The molecule has 0 saturated carbocycles. The van der Waals surface area contributed by atoms with E-state index in [0.29, 0.717) is 36.4 Å². The quantitative estimate of drug-likeness (QED) is 0.811. The first-order chi connectivity index (χ1) is 11.5. The van der Waals surface area contributed by atoms with Gasteiger partial charge in [0.15, 0.2) is 5.90 Å². The van der Waals surface area contributed by atoms with Gasteiger partial charge in [0.25, 0.3) is 0 Å². The van der Waals surface area contributed by atoms with Crippen LogP contribution in [0.5, 0.6) is 0 Å². The van der Waals surface area contributed by atoms with Crippen LogP contribution in [0.4, 0.5) is 5.69 Å². The molecule has 0 unspecified atom stereocenters. The number of amides is 2. The molecule has 2 amide bonds. The van der Waals surface area contributed by atoms with Crippen LogP contribution in [-0.4, -0.2) is 35.8 Å². The van der Waals surface area contributed by atoms with Gasteiger partial charge in [0.05, 0.1) is 0 Å². The van der Waals surface area contributed by atoms with Crippen molar-refractivity contribution in [1.29, 1.82) is 0 Å². The van der Waals surface area contributed by atoms with E-state index in [1.807, 2.05) is 0 Å². The highest BCUT2D eigenvalue weighted by molar-refractivity contribution is 6.30. The number of carbonyl (C=O) groups excluding carboxylic acids is 3. The average Bonchev–Trinajstić information content (AvgIpc) is 3.19. The molecule has 1 saturated heterocycles. The number of anilines is 1. The van der Waals surface area contributed by atoms with Crippen LogP contribution in [0.2, 0.25) is 5.02 Å². The topological polar surface area (TPSA) is 96.9 Å². The van der Waals surface area contributed by atoms with Gasteiger partial charge in [-0.2, -0.15) is 0 Å². The lowest BCUT2D eigenvalue weighted by Gasteiger charge is -2.09. The summed E-state index contributed by atoms with van der Waals surface area (Å²) in [4.78, 5) is 39.4. The Morgan fingerprint density at radius 2 is 1.96 bits per heavy atom. The molecule has 1 aromatic rings. The van der Waals surface area contributed by atoms with E-state index in [1.165, 1.54) is 0 Å². The number of benzene rings is 1. The summed E-state index contributed by atoms with van der Waals surface area (Å²) in [5, 5.41) is 5.87. The maximum absolute atomic E-state index is 12.2. The number of halogens is 1. The first-order valence-corrected chi connectivity index (χ1v) is 8.03. The van der Waals surface area contributed by atoms with Crippen LogP contribution in [0.25, 0.3) is 0 Å². The number of hydrogen-bond acceptors (Lipinski definition) is 5. The lowest BCUT2D eigenvalue weighted by atomic mass is 10.2. The second-order valence-corrected chi connectivity index (χ2v) is 6.09. The number of hydrogen-bond donors (Lipinski definition) is 2. The van der Waals surface area contributed by atoms with Gasteiger partial charge in [-0.15, -0.1) is 0 Å². The first kappa shape index (κ1) is 16.4. The molecule has 0 aliphatic carbocycles. The molecule has 2 aliphatic heterocycles. The zero-order chi connectivity index (χ0) is 17.1. The molecule has 1 fully saturated rings. The Labute approximate surface area is 143 Å². The van der Waals surface area contributed by atoms with Gasteiger partial charge in [0.1, 0.15) is 12.1 Å². The largest absolute Gasteiger partial charge is 0.410 e. The fourth-order valence-electron chi connectivity index (χ4n) is 2.57. The molecule has 2 N–H and O–H groups in total. The minimum Gasteiger partial charge on any atom is -0.410 e. The van der Waals surface area contributed by atoms with E-state index in [4.69, 9.17) is 16.3 Å². The molecular weight excluding hydrogens is 334 g/mol. The van der Waals surface area contributed by atoms with Crippen molar-refractivity contribution in [3.63, 3.8) is 0 Å². The summed E-state index contributed by atoms with van der Waals surface area (Å²) >= 11 is 5.80. The number of nitrogens with zero attached hydrogens (tertiary/aromatic N) is 1. The molecule has 2 atom stereocenters. The van der Waals surface area contributed by atoms with Crippen molar-refractivity contribution >= 4 is 41.0 Å². The van der Waals surface area contributed by atoms with Crippen molar-refractivity contribution in [2.24, 2.45) is 4.99 Å². The van der Waals surface area contributed by atoms with E-state index in [-0.39, 0.29) is 17.7 Å². The first-order valence-electron chi connectivity index (χ1n) is 7.65. The zero-order valence-electron chi connectivity index (χ0n) is 12.8. The molecule has 7 nitrogen and oxygen atoms in total. The highest BCUT2D eigenvalue weighted by atomic mass is 35.5. The van der Waals surface area contributed by atoms with Gasteiger partial charge in [-0.05, 0) is 37.1 Å². The second-order valence-electron chi connectivity index (χ2n) is 5.65. The molecule has 0 aromatic heterocycles. The number of esters is 1. The van der Waals surface area contributed by atoms with Crippen LogP contribution in [0, 0.1) is 0 Å². The summed E-state index contributed by atoms with van der Waals surface area (Å²) in [5.41, 5.74) is 0.624. The van der Waals surface area contributed by atoms with E-state index in [9.17, 15) is 14.4 Å². The van der Waals surface area contributed by atoms with Crippen molar-refractivity contribution in [2.45, 2.75) is 37.8 Å². The molecule has 2 aliphatic rings. The Kier molecular flexibility index (Phi) is 4.80. The summed E-state index contributed by atoms with van der Waals surface area (Å²) < 4.78 is 5.19. The third-order valence-corrected chi connectivity index (χ3v) is 4.10. The SMILES string of the molecule is O=C1CC[C@H](C(=O)OC2=N[C@@H](C(=O)Nc3ccc(Cl)cc3)CC2)N1. The van der Waals surface area contributed by atoms with Crippen molar-refractivity contribution < 1.29 is 19.1 Å². The number of aliphatic imine (C=N–C) groups is 1. The summed E-state index contributed by atoms with van der Waals surface area (Å²) in [5.74, 6) is -0.723. The molecule has 0 bridgehead atoms. The predicted molar refractivity (Wildman–Crippen MR) is 87.8 cm³/mol. The molecule has 3 rings (SSSR count). The van der Waals surface area contributed by atoms with E-state index in [1.54, 1.807) is 24.3 Å². The lowest BCUT2D eigenvalue weighted by molar-refractivity contribution is -0.138. The van der Waals surface area contributed by atoms with Crippen molar-refractivity contribution in [1.82, 2.24) is 5.32 Å². The van der Waals surface area contributed by atoms with Crippen LogP contribution in [0.3, 0.4) is 0 Å². The van der Waals surface area contributed by atoms with Crippen LogP contribution < -0.4 is 10.6 Å². The van der Waals surface area contributed by atoms with Gasteiger partial charge in [-0.1, -0.05) is 11.6 Å². The van der Waals surface area contributed by atoms with Gasteiger partial charge in [-0.3, -0.25) is 9.59 Å². The fraction of sp³-hybridized carbons (Fsp3) is 0.375. The van der Waals surface area contributed by atoms with Crippen LogP contribution >= 0.6 is 11.6 Å². The molecule has 0 radical (unpaired) electrons. The maximum Gasteiger partial charge on any atom is 0.335 e. The maximum atomic E-state index is 12.2. The summed E-state index contributed by atoms with van der Waals surface area (Å²) in [6.07, 6.45) is 1.62. The number of carbonyl (C=O) groups is 3. The minimum absolute atomic E-state index is 0.162. The smallest absolute Gasteiger partial charge is 0.335 e. The summed E-state index contributed by atoms with van der Waals surface area (Å²) in [6, 6.07) is 5.53. The van der Waals surface area contributed by atoms with Gasteiger partial charge < -0.3 is 15.4 Å². The molecule has 1 aromatic carbocycles. The van der Waals surface area contributed by atoms with Crippen molar-refractivity contribution in [3.8, 4) is 0 Å². The van der Waals surface area contributed by atoms with Crippen molar-refractivity contribution in [2.75, 3.05) is 5.32 Å². The Balaban J connectivity index is 1.54. The number of ether oxygens (including phenoxy) is 1. The summed E-state index contributed by atoms with van der Waals surface area (Å²) in [6.45, 7) is 0. The Hall–Kier alpha value is -2.41. The Morgan fingerprint density at radius 3 is 2.62 bits per heavy atom. The van der Waals surface area contributed by atoms with Crippen LogP contribution in [-0.2, 0) is 19.1 Å². The van der Waals surface area contributed by atoms with Crippen LogP contribution in [0.15, 0.2) is 29.3 Å². The molecule has 24 heavy (non-hydrogen) atoms. The standard InChI is InChI=1S/C16H16ClN3O4/c17-9-1-3-10(4-2-9)18-15(22)11-6-8-14(20-11)24-16(23)12-5-7-13(21)19-12/h1-4,11-12H,5-8H2,(H,18,22)(H,19,21)/t11-,12-/m1/s1. The molecule has 126 valence electrons. The highest BCUT2D eigenvalue weighted by Crippen LogP contribution is 2.19. The van der Waals surface area contributed by atoms with E-state index < -0.39 is 18.1 Å². The van der Waals surface area contributed by atoms with Gasteiger partial charge in [0.2, 0.25) is 11.8 Å². The number of rotatable bonds is 3. The highest BCUT2D eigenvalue weighted by Gasteiger charge is 2.32. The number of nitrogens with one attached hydrogen (secondary N) is 2. The van der Waals surface area contributed by atoms with E-state index in [0.717, 1.165) is 0 Å². The third kappa shape index (κ3) is 3.91. The van der Waals surface area contributed by atoms with Gasteiger partial charge >= 0.3 is 5.97 Å². The minimum atomic E-state index is -0.623. The Morgan fingerprint density at radius 1 is 1.21 bits per heavy atom. The van der Waals surface area contributed by atoms with Crippen molar-refractivity contribution in [3.05, 3.63) is 29.3 Å². The zero-order valence-corrected chi connectivity index (χ0v) is 13.5. The monoisotopic (exact) mass is 349 g/mol. The fourth-order valence-corrected chi connectivity index (χ4v) is 2.69. The molecule has 0 spiro atoms. The van der Waals surface area contributed by atoms with E-state index >= 15 is 0 Å².